The molecule has 0 aromatic rings. The first-order valence-electron chi connectivity index (χ1n) is 30.8. The van der Waals surface area contributed by atoms with Crippen molar-refractivity contribution in [1.82, 2.24) is 0 Å². The largest absolute Gasteiger partial charge is 0.462 e. The molecule has 0 amide bonds. The zero-order valence-electron chi connectivity index (χ0n) is 46.7. The minimum Gasteiger partial charge on any atom is -0.462 e. The Bertz CT molecular complexity index is 1040. The Hall–Kier alpha value is -1.59. The quantitative estimate of drug-likeness (QED) is 0.0343. The first-order valence-corrected chi connectivity index (χ1v) is 30.8. The molecule has 0 saturated carbocycles. The van der Waals surface area contributed by atoms with Crippen molar-refractivity contribution in [3.63, 3.8) is 0 Å². The van der Waals surface area contributed by atoms with E-state index in [-0.39, 0.29) is 31.1 Å². The lowest BCUT2D eigenvalue weighted by atomic mass is 9.99. The summed E-state index contributed by atoms with van der Waals surface area (Å²) in [6.07, 6.45) is 59.5. The number of carbonyl (C=O) groups is 3. The van der Waals surface area contributed by atoms with Crippen LogP contribution in [0.2, 0.25) is 0 Å². The van der Waals surface area contributed by atoms with E-state index in [1.54, 1.807) is 0 Å². The molecule has 1 unspecified atom stereocenters. The average molecular weight is 962 g/mol. The molecule has 0 aliphatic heterocycles. The normalized spacial score (nSPS) is 12.4. The van der Waals surface area contributed by atoms with E-state index in [0.717, 1.165) is 69.6 Å². The number of hydrogen-bond acceptors (Lipinski definition) is 6. The highest BCUT2D eigenvalue weighted by molar-refractivity contribution is 5.71. The average Bonchev–Trinajstić information content (AvgIpc) is 3.32. The van der Waals surface area contributed by atoms with Crippen LogP contribution in [0.4, 0.5) is 0 Å². The summed E-state index contributed by atoms with van der Waals surface area (Å²) in [5, 5.41) is 0. The van der Waals surface area contributed by atoms with Crippen LogP contribution >= 0.6 is 0 Å². The second-order valence-corrected chi connectivity index (χ2v) is 22.1. The molecule has 0 aromatic heterocycles. The van der Waals surface area contributed by atoms with Crippen molar-refractivity contribution < 1.29 is 28.6 Å². The molecule has 68 heavy (non-hydrogen) atoms. The lowest BCUT2D eigenvalue weighted by molar-refractivity contribution is -0.167. The summed E-state index contributed by atoms with van der Waals surface area (Å²) in [7, 11) is 0. The zero-order valence-corrected chi connectivity index (χ0v) is 46.7. The Morgan fingerprint density at radius 3 is 0.838 bits per heavy atom. The van der Waals surface area contributed by atoms with E-state index < -0.39 is 6.10 Å². The minimum atomic E-state index is -0.763. The molecule has 0 fully saturated rings. The van der Waals surface area contributed by atoms with Gasteiger partial charge in [-0.25, -0.2) is 0 Å². The first kappa shape index (κ1) is 66.4. The summed E-state index contributed by atoms with van der Waals surface area (Å²) in [5.41, 5.74) is 0. The van der Waals surface area contributed by atoms with E-state index in [0.29, 0.717) is 19.3 Å². The lowest BCUT2D eigenvalue weighted by Gasteiger charge is -2.18. The highest BCUT2D eigenvalue weighted by Crippen LogP contribution is 2.19. The highest BCUT2D eigenvalue weighted by atomic mass is 16.6. The SMILES string of the molecule is CCCCCCCCCCCCCCCCCCCCC(=O)OC[C@@H](COC(=O)CCCCCCCCCCCCC(C)CC)OC(=O)CCCCCCCCCCCCCCCCCC(C)C. The monoisotopic (exact) mass is 961 g/mol. The van der Waals surface area contributed by atoms with Gasteiger partial charge in [0.05, 0.1) is 0 Å². The number of rotatable bonds is 56. The van der Waals surface area contributed by atoms with Crippen LogP contribution in [0.1, 0.15) is 349 Å². The van der Waals surface area contributed by atoms with Crippen LogP contribution in [0.15, 0.2) is 0 Å². The second-order valence-electron chi connectivity index (χ2n) is 22.1. The number of ether oxygens (including phenoxy) is 3. The zero-order chi connectivity index (χ0) is 49.6. The van der Waals surface area contributed by atoms with Crippen LogP contribution in [0.5, 0.6) is 0 Å². The predicted molar refractivity (Wildman–Crippen MR) is 293 cm³/mol. The highest BCUT2D eigenvalue weighted by Gasteiger charge is 2.19. The molecule has 0 bridgehead atoms. The molecule has 0 aliphatic carbocycles. The van der Waals surface area contributed by atoms with Crippen molar-refractivity contribution in [3.8, 4) is 0 Å². The van der Waals surface area contributed by atoms with Gasteiger partial charge in [-0.05, 0) is 31.1 Å². The van der Waals surface area contributed by atoms with Gasteiger partial charge in [0.1, 0.15) is 13.2 Å². The fourth-order valence-electron chi connectivity index (χ4n) is 9.55. The minimum absolute atomic E-state index is 0.0623. The van der Waals surface area contributed by atoms with Crippen molar-refractivity contribution in [2.24, 2.45) is 11.8 Å². The number of hydrogen-bond donors (Lipinski definition) is 0. The van der Waals surface area contributed by atoms with E-state index in [2.05, 4.69) is 34.6 Å². The Morgan fingerprint density at radius 1 is 0.309 bits per heavy atom. The van der Waals surface area contributed by atoms with Gasteiger partial charge in [0.15, 0.2) is 6.10 Å². The van der Waals surface area contributed by atoms with E-state index >= 15 is 0 Å². The van der Waals surface area contributed by atoms with Crippen LogP contribution in [-0.2, 0) is 28.6 Å². The molecule has 0 saturated heterocycles. The van der Waals surface area contributed by atoms with Gasteiger partial charge in [0.2, 0.25) is 0 Å². The van der Waals surface area contributed by atoms with Crippen molar-refractivity contribution in [2.75, 3.05) is 13.2 Å². The van der Waals surface area contributed by atoms with Gasteiger partial charge < -0.3 is 14.2 Å². The molecule has 404 valence electrons. The molecule has 0 aliphatic rings. The summed E-state index contributed by atoms with van der Waals surface area (Å²) in [6.45, 7) is 11.5. The van der Waals surface area contributed by atoms with Crippen LogP contribution in [0, 0.1) is 11.8 Å². The van der Waals surface area contributed by atoms with Crippen LogP contribution in [-0.4, -0.2) is 37.2 Å². The molecule has 6 nitrogen and oxygen atoms in total. The van der Waals surface area contributed by atoms with E-state index in [1.807, 2.05) is 0 Å². The molecule has 0 radical (unpaired) electrons. The van der Waals surface area contributed by atoms with Gasteiger partial charge in [-0.15, -0.1) is 0 Å². The molecular weight excluding hydrogens is 841 g/mol. The fraction of sp³-hybridized carbons (Fsp3) is 0.952. The van der Waals surface area contributed by atoms with E-state index in [4.69, 9.17) is 14.2 Å². The van der Waals surface area contributed by atoms with Gasteiger partial charge >= 0.3 is 17.9 Å². The van der Waals surface area contributed by atoms with Gasteiger partial charge in [-0.2, -0.15) is 0 Å². The summed E-state index contributed by atoms with van der Waals surface area (Å²) < 4.78 is 16.9. The molecule has 0 rings (SSSR count). The van der Waals surface area contributed by atoms with Gasteiger partial charge in [-0.3, -0.25) is 14.4 Å². The predicted octanol–water partition coefficient (Wildman–Crippen LogP) is 20.4. The molecule has 2 atom stereocenters. The number of unbranched alkanes of at least 4 members (excludes halogenated alkanes) is 40. The smallest absolute Gasteiger partial charge is 0.306 e. The summed E-state index contributed by atoms with van der Waals surface area (Å²) in [6, 6.07) is 0. The lowest BCUT2D eigenvalue weighted by Crippen LogP contribution is -2.30. The van der Waals surface area contributed by atoms with Crippen molar-refractivity contribution >= 4 is 17.9 Å². The Balaban J connectivity index is 4.29. The second kappa shape index (κ2) is 54.7. The van der Waals surface area contributed by atoms with Crippen LogP contribution < -0.4 is 0 Å². The Morgan fingerprint density at radius 2 is 0.559 bits per heavy atom. The van der Waals surface area contributed by atoms with Gasteiger partial charge in [-0.1, -0.05) is 311 Å². The van der Waals surface area contributed by atoms with Crippen LogP contribution in [0.25, 0.3) is 0 Å². The third-order valence-electron chi connectivity index (χ3n) is 14.6. The topological polar surface area (TPSA) is 78.9 Å². The van der Waals surface area contributed by atoms with Crippen molar-refractivity contribution in [3.05, 3.63) is 0 Å². The molecule has 0 aromatic carbocycles. The Kier molecular flexibility index (Phi) is 53.5. The third-order valence-corrected chi connectivity index (χ3v) is 14.6. The summed E-state index contributed by atoms with van der Waals surface area (Å²) >= 11 is 0. The molecule has 0 heterocycles. The van der Waals surface area contributed by atoms with E-state index in [1.165, 1.54) is 238 Å². The number of esters is 3. The molecule has 6 heteroatoms. The van der Waals surface area contributed by atoms with Crippen LogP contribution in [0.3, 0.4) is 0 Å². The molecule has 0 spiro atoms. The summed E-state index contributed by atoms with van der Waals surface area (Å²) in [5.74, 6) is 0.882. The summed E-state index contributed by atoms with van der Waals surface area (Å²) in [4.78, 5) is 38.2. The standard InChI is InChI=1S/C62H120O6/c1-6-8-9-10-11-12-13-14-15-16-17-20-23-26-32-37-42-47-52-60(63)66-55-59(56-67-61(64)53-48-43-38-33-29-28-31-36-41-46-51-58(5)7-2)68-62(65)54-49-44-39-34-27-24-21-18-19-22-25-30-35-40-45-50-57(3)4/h57-59H,6-56H2,1-5H3/t58?,59-/m0/s1. The maximum absolute atomic E-state index is 12.9. The van der Waals surface area contributed by atoms with Gasteiger partial charge in [0.25, 0.3) is 0 Å². The maximum Gasteiger partial charge on any atom is 0.306 e. The van der Waals surface area contributed by atoms with E-state index in [9.17, 15) is 14.4 Å². The molecule has 0 N–H and O–H groups in total. The molecular formula is C62H120O6. The fourth-order valence-corrected chi connectivity index (χ4v) is 9.55. The number of carbonyl (C=O) groups excluding carboxylic acids is 3. The first-order chi connectivity index (χ1) is 33.3. The Labute approximate surface area is 425 Å². The van der Waals surface area contributed by atoms with Crippen molar-refractivity contribution in [2.45, 2.75) is 355 Å². The van der Waals surface area contributed by atoms with Crippen molar-refractivity contribution in [1.29, 1.82) is 0 Å². The maximum atomic E-state index is 12.9. The third kappa shape index (κ3) is 53.8. The van der Waals surface area contributed by atoms with Gasteiger partial charge in [0, 0.05) is 19.3 Å².